The second kappa shape index (κ2) is 10.4. The fourth-order valence-corrected chi connectivity index (χ4v) is 4.75. The molecule has 2 fully saturated rings. The number of hydrogen-bond acceptors (Lipinski definition) is 5. The molecule has 178 valence electrons. The van der Waals surface area contributed by atoms with Crippen molar-refractivity contribution < 1.29 is 18.7 Å². The van der Waals surface area contributed by atoms with Crippen molar-refractivity contribution in [1.82, 2.24) is 9.80 Å². The van der Waals surface area contributed by atoms with E-state index in [-0.39, 0.29) is 36.1 Å². The first kappa shape index (κ1) is 23.3. The quantitative estimate of drug-likeness (QED) is 0.531. The number of ether oxygens (including phenoxy) is 1. The number of nitrogens with zero attached hydrogens (tertiary/aromatic N) is 2. The van der Waals surface area contributed by atoms with Crippen LogP contribution in [-0.2, 0) is 9.53 Å². The molecule has 1 aliphatic carbocycles. The van der Waals surface area contributed by atoms with Crippen LogP contribution in [0.1, 0.15) is 61.6 Å². The molecular weight excluding hydrogens is 420 g/mol. The molecule has 1 aromatic heterocycles. The lowest BCUT2D eigenvalue weighted by atomic mass is 9.91. The Morgan fingerprint density at radius 1 is 1.06 bits per heavy atom. The first-order valence-corrected chi connectivity index (χ1v) is 12.0. The van der Waals surface area contributed by atoms with Crippen LogP contribution in [-0.4, -0.2) is 66.3 Å². The average Bonchev–Trinajstić information content (AvgIpc) is 3.23. The van der Waals surface area contributed by atoms with Gasteiger partial charge in [0.15, 0.2) is 5.76 Å². The maximum atomic E-state index is 12.9. The molecule has 1 aromatic carbocycles. The van der Waals surface area contributed by atoms with E-state index in [1.807, 2.05) is 0 Å². The topological polar surface area (TPSA) is 113 Å². The summed E-state index contributed by atoms with van der Waals surface area (Å²) in [6, 6.07) is 6.85. The van der Waals surface area contributed by atoms with Crippen molar-refractivity contribution in [1.29, 1.82) is 5.41 Å². The molecular formula is C25H34N4O4. The van der Waals surface area contributed by atoms with Gasteiger partial charge in [0.2, 0.25) is 5.91 Å². The Bertz CT molecular complexity index is 999. The minimum atomic E-state index is -0.192. The number of furan rings is 1. The molecule has 4 rings (SSSR count). The highest BCUT2D eigenvalue weighted by Crippen LogP contribution is 2.24. The SMILES string of the molecule is CC1CCCC(OCC(=O)N2CCN(C(=O)c3cc4cc(C(=N)N)ccc4o3)CC2)CCC1. The van der Waals surface area contributed by atoms with E-state index in [0.717, 1.165) is 24.1 Å². The van der Waals surface area contributed by atoms with Gasteiger partial charge in [0.05, 0.1) is 6.10 Å². The normalized spacial score (nSPS) is 22.1. The summed E-state index contributed by atoms with van der Waals surface area (Å²) in [5, 5.41) is 8.30. The molecule has 33 heavy (non-hydrogen) atoms. The highest BCUT2D eigenvalue weighted by Gasteiger charge is 2.27. The van der Waals surface area contributed by atoms with Gasteiger partial charge in [-0.25, -0.2) is 0 Å². The number of nitrogen functional groups attached to an aromatic ring is 1. The molecule has 0 radical (unpaired) electrons. The lowest BCUT2D eigenvalue weighted by molar-refractivity contribution is -0.140. The third kappa shape index (κ3) is 5.74. The number of amidine groups is 1. The van der Waals surface area contributed by atoms with Crippen LogP contribution >= 0.6 is 0 Å². The van der Waals surface area contributed by atoms with Crippen LogP contribution in [0, 0.1) is 11.3 Å². The van der Waals surface area contributed by atoms with Gasteiger partial charge in [0.1, 0.15) is 18.0 Å². The number of rotatable bonds is 5. The standard InChI is InChI=1S/C25H34N4O4/c1-17-4-2-6-20(7-3-5-17)32-16-23(30)28-10-12-29(13-11-28)25(31)22-15-19-14-18(24(26)27)8-9-21(19)33-22/h8-9,14-15,17,20H,2-7,10-13,16H2,1H3,(H3,26,27). The molecule has 0 bridgehead atoms. The minimum Gasteiger partial charge on any atom is -0.451 e. The van der Waals surface area contributed by atoms with Crippen LogP contribution in [0.3, 0.4) is 0 Å². The predicted molar refractivity (Wildman–Crippen MR) is 126 cm³/mol. The van der Waals surface area contributed by atoms with E-state index >= 15 is 0 Å². The summed E-state index contributed by atoms with van der Waals surface area (Å²) < 4.78 is 11.7. The van der Waals surface area contributed by atoms with E-state index in [2.05, 4.69) is 6.92 Å². The summed E-state index contributed by atoms with van der Waals surface area (Å²) in [7, 11) is 0. The van der Waals surface area contributed by atoms with Crippen LogP contribution < -0.4 is 5.73 Å². The number of piperazine rings is 1. The highest BCUT2D eigenvalue weighted by molar-refractivity contribution is 6.00. The van der Waals surface area contributed by atoms with Gasteiger partial charge < -0.3 is 24.7 Å². The van der Waals surface area contributed by atoms with E-state index in [4.69, 9.17) is 20.3 Å². The van der Waals surface area contributed by atoms with E-state index in [0.29, 0.717) is 37.3 Å². The molecule has 1 saturated heterocycles. The second-order valence-corrected chi connectivity index (χ2v) is 9.35. The summed E-state index contributed by atoms with van der Waals surface area (Å²) in [5.41, 5.74) is 6.71. The fourth-order valence-electron chi connectivity index (χ4n) is 4.75. The molecule has 0 spiro atoms. The molecule has 8 nitrogen and oxygen atoms in total. The molecule has 3 N–H and O–H groups in total. The van der Waals surface area contributed by atoms with Gasteiger partial charge in [-0.15, -0.1) is 0 Å². The van der Waals surface area contributed by atoms with Gasteiger partial charge in [-0.1, -0.05) is 32.6 Å². The number of fused-ring (bicyclic) bond motifs is 1. The Morgan fingerprint density at radius 3 is 2.39 bits per heavy atom. The second-order valence-electron chi connectivity index (χ2n) is 9.35. The van der Waals surface area contributed by atoms with Crippen molar-refractivity contribution in [2.24, 2.45) is 11.7 Å². The number of carbonyl (C=O) groups is 2. The molecule has 0 atom stereocenters. The zero-order valence-corrected chi connectivity index (χ0v) is 19.3. The lowest BCUT2D eigenvalue weighted by Gasteiger charge is -2.34. The van der Waals surface area contributed by atoms with Crippen molar-refractivity contribution in [3.05, 3.63) is 35.6 Å². The lowest BCUT2D eigenvalue weighted by Crippen LogP contribution is -2.51. The summed E-state index contributed by atoms with van der Waals surface area (Å²) >= 11 is 0. The molecule has 1 aliphatic heterocycles. The fraction of sp³-hybridized carbons (Fsp3) is 0.560. The van der Waals surface area contributed by atoms with Crippen LogP contribution in [0.15, 0.2) is 28.7 Å². The van der Waals surface area contributed by atoms with E-state index < -0.39 is 0 Å². The summed E-state index contributed by atoms with van der Waals surface area (Å²) in [5.74, 6) is 0.831. The number of nitrogens with two attached hydrogens (primary N) is 1. The Balaban J connectivity index is 1.26. The van der Waals surface area contributed by atoms with Crippen molar-refractivity contribution in [2.45, 2.75) is 51.6 Å². The Kier molecular flexibility index (Phi) is 7.33. The Morgan fingerprint density at radius 2 is 1.73 bits per heavy atom. The maximum absolute atomic E-state index is 12.9. The summed E-state index contributed by atoms with van der Waals surface area (Å²) in [6.45, 7) is 4.34. The van der Waals surface area contributed by atoms with E-state index in [1.54, 1.807) is 34.1 Å². The number of nitrogens with one attached hydrogen (secondary N) is 1. The Hall–Kier alpha value is -2.87. The molecule has 2 aromatic rings. The average molecular weight is 455 g/mol. The minimum absolute atomic E-state index is 0.00183. The third-order valence-corrected chi connectivity index (χ3v) is 6.85. The van der Waals surface area contributed by atoms with Gasteiger partial charge in [0, 0.05) is 37.1 Å². The smallest absolute Gasteiger partial charge is 0.289 e. The summed E-state index contributed by atoms with van der Waals surface area (Å²) in [6.07, 6.45) is 7.06. The van der Waals surface area contributed by atoms with Gasteiger partial charge in [0.25, 0.3) is 5.91 Å². The number of amides is 2. The predicted octanol–water partition coefficient (Wildman–Crippen LogP) is 3.38. The van der Waals surface area contributed by atoms with Gasteiger partial charge in [-0.2, -0.15) is 0 Å². The summed E-state index contributed by atoms with van der Waals surface area (Å²) in [4.78, 5) is 29.1. The molecule has 2 amide bonds. The number of carbonyl (C=O) groups excluding carboxylic acids is 2. The molecule has 2 aliphatic rings. The zero-order chi connectivity index (χ0) is 23.4. The van der Waals surface area contributed by atoms with Crippen LogP contribution in [0.2, 0.25) is 0 Å². The first-order valence-electron chi connectivity index (χ1n) is 12.0. The van der Waals surface area contributed by atoms with E-state index in [9.17, 15) is 9.59 Å². The van der Waals surface area contributed by atoms with Crippen molar-refractivity contribution in [3.63, 3.8) is 0 Å². The number of benzene rings is 1. The van der Waals surface area contributed by atoms with Gasteiger partial charge >= 0.3 is 0 Å². The third-order valence-electron chi connectivity index (χ3n) is 6.85. The molecule has 0 unspecified atom stereocenters. The van der Waals surface area contributed by atoms with Gasteiger partial charge in [-0.05, 0) is 43.0 Å². The highest BCUT2D eigenvalue weighted by atomic mass is 16.5. The van der Waals surface area contributed by atoms with Crippen LogP contribution in [0.5, 0.6) is 0 Å². The van der Waals surface area contributed by atoms with Crippen LogP contribution in [0.4, 0.5) is 0 Å². The molecule has 2 heterocycles. The Labute approximate surface area is 194 Å². The molecule has 8 heteroatoms. The monoisotopic (exact) mass is 454 g/mol. The van der Waals surface area contributed by atoms with Crippen molar-refractivity contribution in [3.8, 4) is 0 Å². The van der Waals surface area contributed by atoms with Crippen molar-refractivity contribution in [2.75, 3.05) is 32.8 Å². The first-order chi connectivity index (χ1) is 15.9. The van der Waals surface area contributed by atoms with Gasteiger partial charge in [-0.3, -0.25) is 15.0 Å². The molecule has 1 saturated carbocycles. The largest absolute Gasteiger partial charge is 0.451 e. The zero-order valence-electron chi connectivity index (χ0n) is 19.3. The van der Waals surface area contributed by atoms with Crippen molar-refractivity contribution >= 4 is 28.6 Å². The van der Waals surface area contributed by atoms with Crippen LogP contribution in [0.25, 0.3) is 11.0 Å². The number of hydrogen-bond donors (Lipinski definition) is 2. The maximum Gasteiger partial charge on any atom is 0.289 e. The van der Waals surface area contributed by atoms with E-state index in [1.165, 1.54) is 25.7 Å².